The molecule has 5 nitrogen and oxygen atoms in total. The summed E-state index contributed by atoms with van der Waals surface area (Å²) in [6.07, 6.45) is -0.252. The third-order valence-electron chi connectivity index (χ3n) is 2.88. The molecule has 2 atom stereocenters. The van der Waals surface area contributed by atoms with Crippen LogP contribution in [0.15, 0.2) is 30.3 Å². The molecule has 2 unspecified atom stereocenters. The molecule has 5 heteroatoms. The fraction of sp³-hybridized carbons (Fsp3) is 0.417. The summed E-state index contributed by atoms with van der Waals surface area (Å²) in [5, 5.41) is 12.0. The van der Waals surface area contributed by atoms with Gasteiger partial charge in [0.15, 0.2) is 0 Å². The van der Waals surface area contributed by atoms with Crippen LogP contribution in [0.5, 0.6) is 0 Å². The van der Waals surface area contributed by atoms with Crippen LogP contribution in [0, 0.1) is 0 Å². The Hall–Kier alpha value is -1.43. The number of hydroxylamine groups is 1. The van der Waals surface area contributed by atoms with Crippen molar-refractivity contribution in [3.63, 3.8) is 0 Å². The molecule has 0 spiro atoms. The van der Waals surface area contributed by atoms with Gasteiger partial charge in [-0.25, -0.2) is 5.48 Å². The van der Waals surface area contributed by atoms with Crippen LogP contribution >= 0.6 is 0 Å². The lowest BCUT2D eigenvalue weighted by Crippen LogP contribution is -2.46. The molecule has 1 aliphatic heterocycles. The maximum absolute atomic E-state index is 11.7. The number of carbonyl (C=O) groups excluding carboxylic acids is 1. The molecule has 1 heterocycles. The van der Waals surface area contributed by atoms with Crippen molar-refractivity contribution in [3.8, 4) is 0 Å². The molecule has 0 saturated carbocycles. The Balaban J connectivity index is 2.21. The van der Waals surface area contributed by atoms with Gasteiger partial charge in [-0.3, -0.25) is 10.0 Å². The highest BCUT2D eigenvalue weighted by Gasteiger charge is 2.31. The minimum absolute atomic E-state index is 0.252. The zero-order chi connectivity index (χ0) is 12.1. The van der Waals surface area contributed by atoms with E-state index in [4.69, 9.17) is 9.94 Å². The van der Waals surface area contributed by atoms with Gasteiger partial charge in [-0.15, -0.1) is 0 Å². The molecular formula is C12H16N2O3. The lowest BCUT2D eigenvalue weighted by atomic mass is 9.92. The van der Waals surface area contributed by atoms with E-state index >= 15 is 0 Å². The van der Waals surface area contributed by atoms with Gasteiger partial charge in [0.1, 0.15) is 0 Å². The number of benzene rings is 1. The standard InChI is InChI=1S/C12H16N2O3/c15-12(14-16)11(9-4-2-1-3-5-9)10-8-13-6-7-17-10/h1-5,10-11,13,16H,6-8H2,(H,14,15). The zero-order valence-corrected chi connectivity index (χ0v) is 9.43. The highest BCUT2D eigenvalue weighted by molar-refractivity contribution is 5.83. The SMILES string of the molecule is O=C(NO)C(c1ccccc1)C1CNCCO1. The summed E-state index contributed by atoms with van der Waals surface area (Å²) in [5.74, 6) is -0.932. The van der Waals surface area contributed by atoms with Crippen LogP contribution in [-0.4, -0.2) is 36.9 Å². The number of carbonyl (C=O) groups is 1. The number of nitrogens with one attached hydrogen (secondary N) is 2. The van der Waals surface area contributed by atoms with Crippen LogP contribution < -0.4 is 10.8 Å². The Morgan fingerprint density at radius 3 is 2.82 bits per heavy atom. The third kappa shape index (κ3) is 2.82. The Labute approximate surface area is 99.7 Å². The summed E-state index contributed by atoms with van der Waals surface area (Å²) in [7, 11) is 0. The predicted octanol–water partition coefficient (Wildman–Crippen LogP) is 0.264. The van der Waals surface area contributed by atoms with Gasteiger partial charge in [0.05, 0.1) is 18.6 Å². The average Bonchev–Trinajstić information content (AvgIpc) is 2.41. The van der Waals surface area contributed by atoms with Crippen molar-refractivity contribution in [1.82, 2.24) is 10.8 Å². The Kier molecular flexibility index (Phi) is 4.08. The van der Waals surface area contributed by atoms with Crippen LogP contribution in [0.3, 0.4) is 0 Å². The molecule has 3 N–H and O–H groups in total. The Morgan fingerprint density at radius 1 is 1.47 bits per heavy atom. The van der Waals surface area contributed by atoms with Crippen molar-refractivity contribution >= 4 is 5.91 Å². The molecule has 0 aliphatic carbocycles. The van der Waals surface area contributed by atoms with Crippen LogP contribution in [0.4, 0.5) is 0 Å². The minimum Gasteiger partial charge on any atom is -0.374 e. The largest absolute Gasteiger partial charge is 0.374 e. The van der Waals surface area contributed by atoms with Gasteiger partial charge in [0, 0.05) is 13.1 Å². The lowest BCUT2D eigenvalue weighted by Gasteiger charge is -2.29. The Bertz CT molecular complexity index is 363. The van der Waals surface area contributed by atoms with E-state index < -0.39 is 11.8 Å². The number of morpholine rings is 1. The fourth-order valence-electron chi connectivity index (χ4n) is 2.06. The molecule has 0 bridgehead atoms. The number of ether oxygens (including phenoxy) is 1. The molecule has 1 aromatic rings. The van der Waals surface area contributed by atoms with Crippen LogP contribution in [0.1, 0.15) is 11.5 Å². The summed E-state index contributed by atoms with van der Waals surface area (Å²) in [6, 6.07) is 9.33. The van der Waals surface area contributed by atoms with Gasteiger partial charge in [-0.1, -0.05) is 30.3 Å². The van der Waals surface area contributed by atoms with Gasteiger partial charge in [0.25, 0.3) is 5.91 Å². The second-order valence-corrected chi connectivity index (χ2v) is 3.98. The van der Waals surface area contributed by atoms with E-state index in [0.717, 1.165) is 12.1 Å². The second kappa shape index (κ2) is 5.77. The molecule has 1 aromatic carbocycles. The summed E-state index contributed by atoms with van der Waals surface area (Å²) in [5.41, 5.74) is 2.55. The molecular weight excluding hydrogens is 220 g/mol. The van der Waals surface area contributed by atoms with E-state index in [-0.39, 0.29) is 6.10 Å². The van der Waals surface area contributed by atoms with Crippen molar-refractivity contribution in [2.24, 2.45) is 0 Å². The van der Waals surface area contributed by atoms with E-state index in [2.05, 4.69) is 5.32 Å². The predicted molar refractivity (Wildman–Crippen MR) is 61.7 cm³/mol. The first-order chi connectivity index (χ1) is 8.33. The van der Waals surface area contributed by atoms with Gasteiger partial charge in [-0.2, -0.15) is 0 Å². The molecule has 17 heavy (non-hydrogen) atoms. The van der Waals surface area contributed by atoms with E-state index in [1.54, 1.807) is 5.48 Å². The molecule has 1 aliphatic rings. The minimum atomic E-state index is -0.492. The van der Waals surface area contributed by atoms with Gasteiger partial charge in [0.2, 0.25) is 0 Å². The smallest absolute Gasteiger partial charge is 0.253 e. The monoisotopic (exact) mass is 236 g/mol. The molecule has 0 radical (unpaired) electrons. The first-order valence-corrected chi connectivity index (χ1v) is 5.64. The molecule has 92 valence electrons. The van der Waals surface area contributed by atoms with Crippen LogP contribution in [0.2, 0.25) is 0 Å². The van der Waals surface area contributed by atoms with E-state index in [9.17, 15) is 4.79 Å². The van der Waals surface area contributed by atoms with Crippen molar-refractivity contribution in [1.29, 1.82) is 0 Å². The number of amides is 1. The quantitative estimate of drug-likeness (QED) is 0.520. The van der Waals surface area contributed by atoms with Crippen LogP contribution in [-0.2, 0) is 9.53 Å². The summed E-state index contributed by atoms with van der Waals surface area (Å²) in [4.78, 5) is 11.7. The highest BCUT2D eigenvalue weighted by atomic mass is 16.5. The summed E-state index contributed by atoms with van der Waals surface area (Å²) < 4.78 is 5.58. The highest BCUT2D eigenvalue weighted by Crippen LogP contribution is 2.23. The normalized spacial score (nSPS) is 21.8. The fourth-order valence-corrected chi connectivity index (χ4v) is 2.06. The van der Waals surface area contributed by atoms with Crippen molar-refractivity contribution in [2.45, 2.75) is 12.0 Å². The number of rotatable bonds is 3. The molecule has 2 rings (SSSR count). The molecule has 0 aromatic heterocycles. The topological polar surface area (TPSA) is 70.6 Å². The van der Waals surface area contributed by atoms with Crippen molar-refractivity contribution in [3.05, 3.63) is 35.9 Å². The van der Waals surface area contributed by atoms with Crippen molar-refractivity contribution < 1.29 is 14.7 Å². The van der Waals surface area contributed by atoms with Crippen molar-refractivity contribution in [2.75, 3.05) is 19.7 Å². The van der Waals surface area contributed by atoms with Gasteiger partial charge >= 0.3 is 0 Å². The maximum Gasteiger partial charge on any atom is 0.253 e. The maximum atomic E-state index is 11.7. The van der Waals surface area contributed by atoms with E-state index in [1.807, 2.05) is 30.3 Å². The first kappa shape index (κ1) is 12.0. The lowest BCUT2D eigenvalue weighted by molar-refractivity contribution is -0.135. The Morgan fingerprint density at radius 2 is 2.24 bits per heavy atom. The third-order valence-corrected chi connectivity index (χ3v) is 2.88. The molecule has 1 fully saturated rings. The zero-order valence-electron chi connectivity index (χ0n) is 9.43. The first-order valence-electron chi connectivity index (χ1n) is 5.64. The second-order valence-electron chi connectivity index (χ2n) is 3.98. The summed E-state index contributed by atoms with van der Waals surface area (Å²) in [6.45, 7) is 1.97. The number of hydrogen-bond acceptors (Lipinski definition) is 4. The van der Waals surface area contributed by atoms with E-state index in [1.165, 1.54) is 0 Å². The number of hydrogen-bond donors (Lipinski definition) is 3. The summed E-state index contributed by atoms with van der Waals surface area (Å²) >= 11 is 0. The molecule has 1 saturated heterocycles. The van der Waals surface area contributed by atoms with E-state index in [0.29, 0.717) is 13.2 Å². The molecule has 1 amide bonds. The average molecular weight is 236 g/mol. The van der Waals surface area contributed by atoms with Crippen LogP contribution in [0.25, 0.3) is 0 Å². The van der Waals surface area contributed by atoms with Gasteiger partial charge < -0.3 is 10.1 Å². The van der Waals surface area contributed by atoms with Gasteiger partial charge in [-0.05, 0) is 5.56 Å².